The van der Waals surface area contributed by atoms with Crippen LogP contribution in [0.3, 0.4) is 0 Å². The molecule has 0 radical (unpaired) electrons. The van der Waals surface area contributed by atoms with Gasteiger partial charge in [0.25, 0.3) is 0 Å². The van der Waals surface area contributed by atoms with Crippen molar-refractivity contribution >= 4 is 29.3 Å². The molecule has 1 aliphatic rings. The summed E-state index contributed by atoms with van der Waals surface area (Å²) in [5.41, 5.74) is 1.95. The van der Waals surface area contributed by atoms with Crippen molar-refractivity contribution in [3.63, 3.8) is 0 Å². The van der Waals surface area contributed by atoms with Crippen LogP contribution in [-0.2, 0) is 9.59 Å². The molecule has 0 aliphatic carbocycles. The summed E-state index contributed by atoms with van der Waals surface area (Å²) in [6.07, 6.45) is 0. The fourth-order valence-corrected chi connectivity index (χ4v) is 2.79. The van der Waals surface area contributed by atoms with Crippen LogP contribution >= 0.6 is 11.8 Å². The molecule has 5 nitrogen and oxygen atoms in total. The van der Waals surface area contributed by atoms with Gasteiger partial charge in [-0.2, -0.15) is 0 Å². The number of aryl methyl sites for hydroxylation is 1. The lowest BCUT2D eigenvalue weighted by molar-refractivity contribution is -0.128. The summed E-state index contributed by atoms with van der Waals surface area (Å²) >= 11 is 1.36. The van der Waals surface area contributed by atoms with E-state index in [1.54, 1.807) is 0 Å². The second kappa shape index (κ2) is 8.05. The Hall–Kier alpha value is -1.53. The van der Waals surface area contributed by atoms with Crippen molar-refractivity contribution in [2.24, 2.45) is 0 Å². The van der Waals surface area contributed by atoms with Gasteiger partial charge in [-0.25, -0.2) is 0 Å². The van der Waals surface area contributed by atoms with Crippen LogP contribution in [-0.4, -0.2) is 54.4 Å². The van der Waals surface area contributed by atoms with E-state index in [0.29, 0.717) is 11.5 Å². The van der Waals surface area contributed by atoms with Crippen LogP contribution < -0.4 is 10.6 Å². The Morgan fingerprint density at radius 3 is 2.52 bits per heavy atom. The summed E-state index contributed by atoms with van der Waals surface area (Å²) in [5, 5.41) is 6.04. The van der Waals surface area contributed by atoms with Gasteiger partial charge in [0.15, 0.2) is 0 Å². The van der Waals surface area contributed by atoms with Crippen LogP contribution in [0, 0.1) is 6.92 Å². The molecule has 0 atom stereocenters. The van der Waals surface area contributed by atoms with Crippen molar-refractivity contribution in [1.29, 1.82) is 0 Å². The van der Waals surface area contributed by atoms with Gasteiger partial charge in [-0.1, -0.05) is 17.7 Å². The predicted octanol–water partition coefficient (Wildman–Crippen LogP) is 1.10. The van der Waals surface area contributed by atoms with E-state index in [1.807, 2.05) is 36.1 Å². The van der Waals surface area contributed by atoms with E-state index in [0.717, 1.165) is 37.4 Å². The number of hydrogen-bond acceptors (Lipinski definition) is 4. The second-order valence-electron chi connectivity index (χ2n) is 5.04. The molecule has 114 valence electrons. The van der Waals surface area contributed by atoms with E-state index >= 15 is 0 Å². The molecular weight excluding hydrogens is 286 g/mol. The highest BCUT2D eigenvalue weighted by Crippen LogP contribution is 2.10. The van der Waals surface area contributed by atoms with Crippen LogP contribution in [0.1, 0.15) is 5.56 Å². The zero-order valence-electron chi connectivity index (χ0n) is 12.2. The molecule has 0 spiro atoms. The molecule has 21 heavy (non-hydrogen) atoms. The Bertz CT molecular complexity index is 484. The van der Waals surface area contributed by atoms with Gasteiger partial charge >= 0.3 is 0 Å². The fraction of sp³-hybridized carbons (Fsp3) is 0.467. The van der Waals surface area contributed by atoms with Crippen molar-refractivity contribution in [3.05, 3.63) is 29.8 Å². The molecule has 1 aliphatic heterocycles. The third-order valence-corrected chi connectivity index (χ3v) is 4.18. The van der Waals surface area contributed by atoms with Crippen molar-refractivity contribution in [2.75, 3.05) is 43.0 Å². The summed E-state index contributed by atoms with van der Waals surface area (Å²) in [6, 6.07) is 7.67. The SMILES string of the molecule is Cc1ccc(NC(=O)CSCC(=O)N2CCNCC2)cc1. The Balaban J connectivity index is 1.66. The average Bonchev–Trinajstić information content (AvgIpc) is 2.50. The first-order valence-electron chi connectivity index (χ1n) is 7.08. The molecule has 1 heterocycles. The number of thioether (sulfide) groups is 1. The normalized spacial score (nSPS) is 14.8. The minimum absolute atomic E-state index is 0.0723. The number of amides is 2. The Labute approximate surface area is 129 Å². The van der Waals surface area contributed by atoms with Crippen molar-refractivity contribution < 1.29 is 9.59 Å². The quantitative estimate of drug-likeness (QED) is 0.855. The number of piperazine rings is 1. The van der Waals surface area contributed by atoms with Crippen LogP contribution in [0.2, 0.25) is 0 Å². The van der Waals surface area contributed by atoms with E-state index in [2.05, 4.69) is 10.6 Å². The number of carbonyl (C=O) groups is 2. The molecule has 0 saturated carbocycles. The summed E-state index contributed by atoms with van der Waals surface area (Å²) in [7, 11) is 0. The van der Waals surface area contributed by atoms with Gasteiger partial charge in [-0.05, 0) is 19.1 Å². The molecule has 1 saturated heterocycles. The molecule has 0 aromatic heterocycles. The van der Waals surface area contributed by atoms with Gasteiger partial charge in [0.1, 0.15) is 0 Å². The van der Waals surface area contributed by atoms with Crippen molar-refractivity contribution in [1.82, 2.24) is 10.2 Å². The smallest absolute Gasteiger partial charge is 0.234 e. The third-order valence-electron chi connectivity index (χ3n) is 3.26. The predicted molar refractivity (Wildman–Crippen MR) is 86.6 cm³/mol. The Morgan fingerprint density at radius 2 is 1.86 bits per heavy atom. The van der Waals surface area contributed by atoms with Crippen LogP contribution in [0.4, 0.5) is 5.69 Å². The number of nitrogens with one attached hydrogen (secondary N) is 2. The maximum absolute atomic E-state index is 11.9. The topological polar surface area (TPSA) is 61.4 Å². The monoisotopic (exact) mass is 307 g/mol. The highest BCUT2D eigenvalue weighted by molar-refractivity contribution is 8.00. The molecule has 1 fully saturated rings. The fourth-order valence-electron chi connectivity index (χ4n) is 2.07. The highest BCUT2D eigenvalue weighted by atomic mass is 32.2. The number of nitrogens with zero attached hydrogens (tertiary/aromatic N) is 1. The molecule has 2 rings (SSSR count). The third kappa shape index (κ3) is 5.40. The van der Waals surface area contributed by atoms with Gasteiger partial charge in [0.05, 0.1) is 11.5 Å². The molecule has 6 heteroatoms. The Morgan fingerprint density at radius 1 is 1.19 bits per heavy atom. The van der Waals surface area contributed by atoms with Crippen molar-refractivity contribution in [3.8, 4) is 0 Å². The molecule has 2 amide bonds. The number of carbonyl (C=O) groups excluding carboxylic acids is 2. The van der Waals surface area contributed by atoms with E-state index < -0.39 is 0 Å². The van der Waals surface area contributed by atoms with Gasteiger partial charge in [0.2, 0.25) is 11.8 Å². The summed E-state index contributed by atoms with van der Waals surface area (Å²) in [5.74, 6) is 0.703. The molecule has 2 N–H and O–H groups in total. The largest absolute Gasteiger partial charge is 0.339 e. The van der Waals surface area contributed by atoms with Crippen LogP contribution in [0.5, 0.6) is 0 Å². The second-order valence-corrected chi connectivity index (χ2v) is 6.02. The van der Waals surface area contributed by atoms with Gasteiger partial charge in [0, 0.05) is 31.9 Å². The lowest BCUT2D eigenvalue weighted by Crippen LogP contribution is -2.47. The molecule has 0 bridgehead atoms. The van der Waals surface area contributed by atoms with E-state index in [9.17, 15) is 9.59 Å². The number of rotatable bonds is 5. The Kier molecular flexibility index (Phi) is 6.07. The first kappa shape index (κ1) is 15.9. The highest BCUT2D eigenvalue weighted by Gasteiger charge is 2.16. The maximum atomic E-state index is 11.9. The van der Waals surface area contributed by atoms with E-state index in [4.69, 9.17) is 0 Å². The molecule has 0 unspecified atom stereocenters. The van der Waals surface area contributed by atoms with E-state index in [-0.39, 0.29) is 11.8 Å². The summed E-state index contributed by atoms with van der Waals surface area (Å²) in [4.78, 5) is 25.6. The maximum Gasteiger partial charge on any atom is 0.234 e. The number of anilines is 1. The van der Waals surface area contributed by atoms with Gasteiger partial charge in [-0.15, -0.1) is 11.8 Å². The standard InChI is InChI=1S/C15H21N3O2S/c1-12-2-4-13(5-3-12)17-14(19)10-21-11-15(20)18-8-6-16-7-9-18/h2-5,16H,6-11H2,1H3,(H,17,19). The zero-order valence-corrected chi connectivity index (χ0v) is 13.0. The van der Waals surface area contributed by atoms with Crippen molar-refractivity contribution in [2.45, 2.75) is 6.92 Å². The number of hydrogen-bond donors (Lipinski definition) is 2. The molecule has 1 aromatic rings. The average molecular weight is 307 g/mol. The number of benzene rings is 1. The lowest BCUT2D eigenvalue weighted by Gasteiger charge is -2.27. The van der Waals surface area contributed by atoms with E-state index in [1.165, 1.54) is 11.8 Å². The van der Waals surface area contributed by atoms with Crippen LogP contribution in [0.15, 0.2) is 24.3 Å². The first-order valence-corrected chi connectivity index (χ1v) is 8.23. The lowest BCUT2D eigenvalue weighted by atomic mass is 10.2. The molecule has 1 aromatic carbocycles. The van der Waals surface area contributed by atoms with Gasteiger partial charge in [-0.3, -0.25) is 9.59 Å². The first-order chi connectivity index (χ1) is 10.1. The van der Waals surface area contributed by atoms with Gasteiger partial charge < -0.3 is 15.5 Å². The zero-order chi connectivity index (χ0) is 15.1. The summed E-state index contributed by atoms with van der Waals surface area (Å²) in [6.45, 7) is 5.22. The summed E-state index contributed by atoms with van der Waals surface area (Å²) < 4.78 is 0. The minimum atomic E-state index is -0.0723. The minimum Gasteiger partial charge on any atom is -0.339 e. The van der Waals surface area contributed by atoms with Crippen LogP contribution in [0.25, 0.3) is 0 Å². The molecular formula is C15H21N3O2S.